The van der Waals surface area contributed by atoms with Gasteiger partial charge in [0.05, 0.1) is 16.7 Å². The summed E-state index contributed by atoms with van der Waals surface area (Å²) < 4.78 is 0. The van der Waals surface area contributed by atoms with Crippen LogP contribution in [0.2, 0.25) is 5.02 Å². The van der Waals surface area contributed by atoms with Gasteiger partial charge in [0, 0.05) is 24.2 Å². The number of aromatic nitrogens is 1. The van der Waals surface area contributed by atoms with E-state index in [1.165, 1.54) is 30.2 Å². The van der Waals surface area contributed by atoms with Crippen LogP contribution in [0.15, 0.2) is 36.5 Å². The zero-order valence-corrected chi connectivity index (χ0v) is 12.2. The number of carbonyl (C=O) groups excluding carboxylic acids is 1. The van der Waals surface area contributed by atoms with Crippen LogP contribution in [0.5, 0.6) is 0 Å². The maximum Gasteiger partial charge on any atom is 0.274 e. The molecule has 0 bridgehead atoms. The zero-order valence-electron chi connectivity index (χ0n) is 11.4. The van der Waals surface area contributed by atoms with Crippen LogP contribution < -0.4 is 4.90 Å². The van der Waals surface area contributed by atoms with Crippen LogP contribution in [0.3, 0.4) is 0 Å². The first kappa shape index (κ1) is 14.9. The van der Waals surface area contributed by atoms with E-state index in [4.69, 9.17) is 11.6 Å². The Morgan fingerprint density at radius 2 is 2.05 bits per heavy atom. The molecule has 0 spiro atoms. The van der Waals surface area contributed by atoms with E-state index >= 15 is 0 Å². The number of aryl methyl sites for hydroxylation is 1. The molecule has 1 aromatic heterocycles. The summed E-state index contributed by atoms with van der Waals surface area (Å²) in [6.07, 6.45) is 1.29. The van der Waals surface area contributed by atoms with Gasteiger partial charge in [-0.1, -0.05) is 17.7 Å². The molecule has 0 atom stereocenters. The number of anilines is 2. The first-order valence-electron chi connectivity index (χ1n) is 6.07. The number of carbonyl (C=O) groups is 1. The molecule has 2 aromatic rings. The third-order valence-electron chi connectivity index (χ3n) is 2.90. The number of nitro groups is 1. The quantitative estimate of drug-likeness (QED) is 0.641. The van der Waals surface area contributed by atoms with Crippen molar-refractivity contribution >= 4 is 34.7 Å². The molecule has 1 aromatic carbocycles. The van der Waals surface area contributed by atoms with Gasteiger partial charge in [-0.25, -0.2) is 4.98 Å². The first-order chi connectivity index (χ1) is 9.90. The number of halogens is 1. The van der Waals surface area contributed by atoms with Crippen LogP contribution in [0.4, 0.5) is 17.2 Å². The van der Waals surface area contributed by atoms with Crippen LogP contribution >= 0.6 is 11.6 Å². The predicted molar refractivity (Wildman–Crippen MR) is 79.9 cm³/mol. The summed E-state index contributed by atoms with van der Waals surface area (Å²) in [6, 6.07) is 7.62. The fourth-order valence-corrected chi connectivity index (χ4v) is 2.01. The van der Waals surface area contributed by atoms with E-state index in [1.54, 1.807) is 18.2 Å². The molecule has 0 saturated heterocycles. The minimum atomic E-state index is -0.536. The highest BCUT2D eigenvalue weighted by Gasteiger charge is 2.19. The van der Waals surface area contributed by atoms with Gasteiger partial charge in [0.15, 0.2) is 0 Å². The van der Waals surface area contributed by atoms with Crippen molar-refractivity contribution in [1.29, 1.82) is 0 Å². The van der Waals surface area contributed by atoms with Gasteiger partial charge in [-0.3, -0.25) is 19.8 Å². The van der Waals surface area contributed by atoms with Crippen molar-refractivity contribution < 1.29 is 9.72 Å². The van der Waals surface area contributed by atoms with E-state index in [1.807, 2.05) is 6.92 Å². The van der Waals surface area contributed by atoms with E-state index in [2.05, 4.69) is 4.98 Å². The van der Waals surface area contributed by atoms with E-state index in [0.29, 0.717) is 10.7 Å². The molecule has 6 nitrogen and oxygen atoms in total. The SMILES string of the molecule is CC(=O)N(c1ccc(C)c(Cl)c1)c1cc([N+](=O)[O-])ccn1. The fraction of sp³-hybridized carbons (Fsp3) is 0.143. The standard InChI is InChI=1S/C14H12ClN3O3/c1-9-3-4-11(7-13(9)15)17(10(2)19)14-8-12(18(20)21)5-6-16-14/h3-8H,1-2H3. The molecule has 0 aliphatic heterocycles. The number of benzene rings is 1. The highest BCUT2D eigenvalue weighted by atomic mass is 35.5. The van der Waals surface area contributed by atoms with Crippen molar-refractivity contribution in [3.63, 3.8) is 0 Å². The van der Waals surface area contributed by atoms with Gasteiger partial charge in [-0.15, -0.1) is 0 Å². The molecule has 7 heteroatoms. The summed E-state index contributed by atoms with van der Waals surface area (Å²) in [6.45, 7) is 3.20. The van der Waals surface area contributed by atoms with Crippen molar-refractivity contribution in [3.05, 3.63) is 57.2 Å². The van der Waals surface area contributed by atoms with Gasteiger partial charge in [0.25, 0.3) is 5.69 Å². The van der Waals surface area contributed by atoms with E-state index in [-0.39, 0.29) is 17.4 Å². The molecule has 0 radical (unpaired) electrons. The molecule has 1 heterocycles. The van der Waals surface area contributed by atoms with Crippen LogP contribution in [0, 0.1) is 17.0 Å². The number of hydrogen-bond donors (Lipinski definition) is 0. The smallest absolute Gasteiger partial charge is 0.274 e. The lowest BCUT2D eigenvalue weighted by Gasteiger charge is -2.20. The Morgan fingerprint density at radius 3 is 2.62 bits per heavy atom. The van der Waals surface area contributed by atoms with Gasteiger partial charge in [-0.2, -0.15) is 0 Å². The van der Waals surface area contributed by atoms with Crippen LogP contribution in [0.25, 0.3) is 0 Å². The Balaban J connectivity index is 2.53. The Bertz CT molecular complexity index is 718. The molecular formula is C14H12ClN3O3. The number of amides is 1. The number of nitrogens with zero attached hydrogens (tertiary/aromatic N) is 3. The second-order valence-electron chi connectivity index (χ2n) is 4.42. The lowest BCUT2D eigenvalue weighted by molar-refractivity contribution is -0.384. The predicted octanol–water partition coefficient (Wildman–Crippen LogP) is 3.64. The molecule has 0 N–H and O–H groups in total. The topological polar surface area (TPSA) is 76.3 Å². The van der Waals surface area contributed by atoms with Gasteiger partial charge < -0.3 is 0 Å². The van der Waals surface area contributed by atoms with Crippen LogP contribution in [0.1, 0.15) is 12.5 Å². The minimum Gasteiger partial charge on any atom is -0.274 e. The normalized spacial score (nSPS) is 10.2. The third-order valence-corrected chi connectivity index (χ3v) is 3.30. The van der Waals surface area contributed by atoms with Gasteiger partial charge in [0.2, 0.25) is 5.91 Å². The zero-order chi connectivity index (χ0) is 15.6. The van der Waals surface area contributed by atoms with Crippen molar-refractivity contribution in [2.45, 2.75) is 13.8 Å². The molecular weight excluding hydrogens is 294 g/mol. The van der Waals surface area contributed by atoms with E-state index < -0.39 is 4.92 Å². The second kappa shape index (κ2) is 5.88. The molecule has 21 heavy (non-hydrogen) atoms. The Labute approximate surface area is 126 Å². The number of pyridine rings is 1. The maximum atomic E-state index is 11.9. The highest BCUT2D eigenvalue weighted by molar-refractivity contribution is 6.31. The molecule has 2 rings (SSSR count). The highest BCUT2D eigenvalue weighted by Crippen LogP contribution is 2.29. The fourth-order valence-electron chi connectivity index (χ4n) is 1.84. The minimum absolute atomic E-state index is 0.135. The van der Waals surface area contributed by atoms with Gasteiger partial charge in [0.1, 0.15) is 5.82 Å². The Hall–Kier alpha value is -2.47. The monoisotopic (exact) mass is 305 g/mol. The Kier molecular flexibility index (Phi) is 4.18. The molecule has 0 saturated carbocycles. The summed E-state index contributed by atoms with van der Waals surface area (Å²) in [5.74, 6) is -0.139. The molecule has 0 fully saturated rings. The molecule has 0 aliphatic carbocycles. The summed E-state index contributed by atoms with van der Waals surface area (Å²) in [7, 11) is 0. The summed E-state index contributed by atoms with van der Waals surface area (Å²) >= 11 is 6.07. The maximum absolute atomic E-state index is 11.9. The molecule has 0 unspecified atom stereocenters. The molecule has 0 aliphatic rings. The largest absolute Gasteiger partial charge is 0.274 e. The first-order valence-corrected chi connectivity index (χ1v) is 6.45. The molecule has 1 amide bonds. The van der Waals surface area contributed by atoms with Crippen molar-refractivity contribution in [1.82, 2.24) is 4.98 Å². The van der Waals surface area contributed by atoms with E-state index in [9.17, 15) is 14.9 Å². The van der Waals surface area contributed by atoms with Crippen molar-refractivity contribution in [2.24, 2.45) is 0 Å². The van der Waals surface area contributed by atoms with Crippen molar-refractivity contribution in [2.75, 3.05) is 4.90 Å². The summed E-state index contributed by atoms with van der Waals surface area (Å²) in [5, 5.41) is 11.3. The molecule has 108 valence electrons. The summed E-state index contributed by atoms with van der Waals surface area (Å²) in [4.78, 5) is 27.5. The second-order valence-corrected chi connectivity index (χ2v) is 4.82. The van der Waals surface area contributed by atoms with Gasteiger partial charge >= 0.3 is 0 Å². The lowest BCUT2D eigenvalue weighted by atomic mass is 10.2. The van der Waals surface area contributed by atoms with E-state index in [0.717, 1.165) is 5.56 Å². The lowest BCUT2D eigenvalue weighted by Crippen LogP contribution is -2.23. The average molecular weight is 306 g/mol. The Morgan fingerprint density at radius 1 is 1.33 bits per heavy atom. The van der Waals surface area contributed by atoms with Crippen molar-refractivity contribution in [3.8, 4) is 0 Å². The van der Waals surface area contributed by atoms with Crippen LogP contribution in [-0.2, 0) is 4.79 Å². The number of hydrogen-bond acceptors (Lipinski definition) is 4. The number of rotatable bonds is 3. The average Bonchev–Trinajstić information content (AvgIpc) is 2.43. The summed E-state index contributed by atoms with van der Waals surface area (Å²) in [5.41, 5.74) is 1.24. The third kappa shape index (κ3) is 3.17. The van der Waals surface area contributed by atoms with Crippen LogP contribution in [-0.4, -0.2) is 15.8 Å². The van der Waals surface area contributed by atoms with Gasteiger partial charge in [-0.05, 0) is 24.6 Å².